The van der Waals surface area contributed by atoms with E-state index in [1.54, 1.807) is 12.1 Å². The summed E-state index contributed by atoms with van der Waals surface area (Å²) in [5.41, 5.74) is 5.90. The molecule has 0 saturated carbocycles. The zero-order valence-electron chi connectivity index (χ0n) is 21.6. The van der Waals surface area contributed by atoms with Crippen LogP contribution >= 0.6 is 0 Å². The summed E-state index contributed by atoms with van der Waals surface area (Å²) in [7, 11) is 0. The number of hydrogen-bond donors (Lipinski definition) is 1. The maximum Gasteiger partial charge on any atom is 0.303 e. The number of likely N-dealkylation sites (N-methyl/N-ethyl adjacent to an activating group) is 1. The molecule has 36 heavy (non-hydrogen) atoms. The van der Waals surface area contributed by atoms with Crippen LogP contribution in [0, 0.1) is 19.7 Å². The summed E-state index contributed by atoms with van der Waals surface area (Å²) in [6.07, 6.45) is 0.0497. The van der Waals surface area contributed by atoms with Crippen LogP contribution in [-0.2, 0) is 17.8 Å². The number of aliphatic carboxylic acids is 1. The molecule has 3 rings (SSSR count). The number of nitrogens with zero attached hydrogens (tertiary/aromatic N) is 1. The van der Waals surface area contributed by atoms with E-state index in [9.17, 15) is 9.18 Å². The Bertz CT molecular complexity index is 1150. The predicted octanol–water partition coefficient (Wildman–Crippen LogP) is 6.43. The summed E-state index contributed by atoms with van der Waals surface area (Å²) in [4.78, 5) is 13.1. The Balaban J connectivity index is 1.67. The SMILES string of the molecule is CCN(CC)CCOc1cc(C)c(-c2cccc(COc3ccc(CCC(=O)O)c(F)c3)c2)c(C)c1. The van der Waals surface area contributed by atoms with Gasteiger partial charge in [-0.25, -0.2) is 4.39 Å². The van der Waals surface area contributed by atoms with Crippen molar-refractivity contribution in [1.82, 2.24) is 4.90 Å². The molecule has 0 heterocycles. The number of aryl methyl sites for hydroxylation is 3. The molecule has 5 nitrogen and oxygen atoms in total. The molecular weight excluding hydrogens is 457 g/mol. The molecule has 0 aromatic heterocycles. The van der Waals surface area contributed by atoms with Crippen molar-refractivity contribution in [1.29, 1.82) is 0 Å². The summed E-state index contributed by atoms with van der Waals surface area (Å²) in [5, 5.41) is 8.80. The van der Waals surface area contributed by atoms with Gasteiger partial charge in [0.15, 0.2) is 0 Å². The second-order valence-corrected chi connectivity index (χ2v) is 8.94. The first-order valence-corrected chi connectivity index (χ1v) is 12.5. The van der Waals surface area contributed by atoms with Gasteiger partial charge in [-0.1, -0.05) is 38.1 Å². The molecule has 0 fully saturated rings. The van der Waals surface area contributed by atoms with E-state index >= 15 is 0 Å². The van der Waals surface area contributed by atoms with Gasteiger partial charge < -0.3 is 19.5 Å². The van der Waals surface area contributed by atoms with Crippen molar-refractivity contribution in [2.45, 2.75) is 47.1 Å². The van der Waals surface area contributed by atoms with E-state index in [-0.39, 0.29) is 12.8 Å². The van der Waals surface area contributed by atoms with Crippen molar-refractivity contribution in [2.75, 3.05) is 26.2 Å². The van der Waals surface area contributed by atoms with Gasteiger partial charge in [-0.05, 0) is 91.0 Å². The van der Waals surface area contributed by atoms with Crippen LogP contribution in [-0.4, -0.2) is 42.2 Å². The average molecular weight is 494 g/mol. The minimum Gasteiger partial charge on any atom is -0.492 e. The molecule has 0 aliphatic heterocycles. The highest BCUT2D eigenvalue weighted by atomic mass is 19.1. The van der Waals surface area contributed by atoms with Gasteiger partial charge in [0.2, 0.25) is 0 Å². The molecule has 0 aliphatic carbocycles. The Morgan fingerprint density at radius 2 is 1.67 bits per heavy atom. The summed E-state index contributed by atoms with van der Waals surface area (Å²) < 4.78 is 26.2. The van der Waals surface area contributed by atoms with E-state index in [2.05, 4.69) is 56.9 Å². The number of ether oxygens (including phenoxy) is 2. The summed E-state index contributed by atoms with van der Waals surface area (Å²) in [6, 6.07) is 16.9. The van der Waals surface area contributed by atoms with Crippen molar-refractivity contribution < 1.29 is 23.8 Å². The smallest absolute Gasteiger partial charge is 0.303 e. The second-order valence-electron chi connectivity index (χ2n) is 8.94. The number of carbonyl (C=O) groups is 1. The predicted molar refractivity (Wildman–Crippen MR) is 141 cm³/mol. The summed E-state index contributed by atoms with van der Waals surface area (Å²) >= 11 is 0. The Morgan fingerprint density at radius 3 is 2.31 bits per heavy atom. The van der Waals surface area contributed by atoms with E-state index in [1.807, 2.05) is 12.1 Å². The lowest BCUT2D eigenvalue weighted by molar-refractivity contribution is -0.136. The number of hydrogen-bond acceptors (Lipinski definition) is 4. The third-order valence-corrected chi connectivity index (χ3v) is 6.33. The van der Waals surface area contributed by atoms with Gasteiger partial charge in [0, 0.05) is 19.0 Å². The third kappa shape index (κ3) is 7.56. The third-order valence-electron chi connectivity index (χ3n) is 6.33. The fraction of sp³-hybridized carbons (Fsp3) is 0.367. The number of rotatable bonds is 13. The molecule has 3 aromatic carbocycles. The monoisotopic (exact) mass is 493 g/mol. The zero-order chi connectivity index (χ0) is 26.1. The second kappa shape index (κ2) is 13.1. The van der Waals surface area contributed by atoms with Crippen molar-refractivity contribution in [3.63, 3.8) is 0 Å². The van der Waals surface area contributed by atoms with Crippen LogP contribution in [0.4, 0.5) is 4.39 Å². The van der Waals surface area contributed by atoms with Gasteiger partial charge in [0.05, 0.1) is 0 Å². The number of carboxylic acid groups (broad SMARTS) is 1. The Morgan fingerprint density at radius 1 is 0.944 bits per heavy atom. The molecule has 0 saturated heterocycles. The highest BCUT2D eigenvalue weighted by molar-refractivity contribution is 5.72. The van der Waals surface area contributed by atoms with E-state index in [0.29, 0.717) is 24.5 Å². The number of benzene rings is 3. The minimum atomic E-state index is -0.947. The number of halogens is 1. The van der Waals surface area contributed by atoms with E-state index in [4.69, 9.17) is 14.6 Å². The van der Waals surface area contributed by atoms with Crippen LogP contribution < -0.4 is 9.47 Å². The fourth-order valence-electron chi connectivity index (χ4n) is 4.34. The van der Waals surface area contributed by atoms with Crippen molar-refractivity contribution in [2.24, 2.45) is 0 Å². The molecule has 0 spiro atoms. The normalized spacial score (nSPS) is 11.1. The van der Waals surface area contributed by atoms with Crippen LogP contribution in [0.2, 0.25) is 0 Å². The van der Waals surface area contributed by atoms with Gasteiger partial charge >= 0.3 is 5.97 Å². The molecular formula is C30H36FNO4. The first-order valence-electron chi connectivity index (χ1n) is 12.5. The summed E-state index contributed by atoms with van der Waals surface area (Å²) in [6.45, 7) is 12.4. The zero-order valence-corrected chi connectivity index (χ0v) is 21.6. The van der Waals surface area contributed by atoms with Gasteiger partial charge in [0.1, 0.15) is 30.5 Å². The Hall–Kier alpha value is -3.38. The highest BCUT2D eigenvalue weighted by Crippen LogP contribution is 2.32. The molecule has 3 aromatic rings. The minimum absolute atomic E-state index is 0.105. The lowest BCUT2D eigenvalue weighted by Crippen LogP contribution is -2.27. The highest BCUT2D eigenvalue weighted by Gasteiger charge is 2.11. The Kier molecular flexibility index (Phi) is 9.88. The van der Waals surface area contributed by atoms with Crippen LogP contribution in [0.5, 0.6) is 11.5 Å². The van der Waals surface area contributed by atoms with Crippen LogP contribution in [0.15, 0.2) is 54.6 Å². The molecule has 0 unspecified atom stereocenters. The first-order chi connectivity index (χ1) is 17.3. The maximum atomic E-state index is 14.3. The quantitative estimate of drug-likeness (QED) is 0.297. The molecule has 0 amide bonds. The van der Waals surface area contributed by atoms with Crippen LogP contribution in [0.3, 0.4) is 0 Å². The van der Waals surface area contributed by atoms with Gasteiger partial charge in [0.25, 0.3) is 0 Å². The van der Waals surface area contributed by atoms with Crippen molar-refractivity contribution in [3.05, 3.63) is 82.7 Å². The van der Waals surface area contributed by atoms with Crippen LogP contribution in [0.25, 0.3) is 11.1 Å². The topological polar surface area (TPSA) is 59.0 Å². The fourth-order valence-corrected chi connectivity index (χ4v) is 4.34. The molecule has 0 radical (unpaired) electrons. The van der Waals surface area contributed by atoms with E-state index in [0.717, 1.165) is 47.6 Å². The molecule has 6 heteroatoms. The lowest BCUT2D eigenvalue weighted by Gasteiger charge is -2.19. The standard InChI is InChI=1S/C30H36FNO4/c1-5-32(6-2)14-15-35-27-16-21(3)30(22(4)17-27)25-9-7-8-23(18-25)20-36-26-12-10-24(28(31)19-26)11-13-29(33)34/h7-10,12,16-19H,5-6,11,13-15,20H2,1-4H3,(H,33,34). The largest absolute Gasteiger partial charge is 0.492 e. The van der Waals surface area contributed by atoms with E-state index in [1.165, 1.54) is 11.6 Å². The summed E-state index contributed by atoms with van der Waals surface area (Å²) in [5.74, 6) is -0.101. The first kappa shape index (κ1) is 27.2. The van der Waals surface area contributed by atoms with Crippen molar-refractivity contribution in [3.8, 4) is 22.6 Å². The molecule has 0 atom stereocenters. The molecule has 1 N–H and O–H groups in total. The van der Waals surface area contributed by atoms with Gasteiger partial charge in [-0.15, -0.1) is 0 Å². The average Bonchev–Trinajstić information content (AvgIpc) is 2.84. The van der Waals surface area contributed by atoms with Gasteiger partial charge in [-0.3, -0.25) is 4.79 Å². The van der Waals surface area contributed by atoms with Crippen LogP contribution in [0.1, 0.15) is 42.5 Å². The maximum absolute atomic E-state index is 14.3. The Labute approximate surface area is 213 Å². The molecule has 192 valence electrons. The molecule has 0 bridgehead atoms. The lowest BCUT2D eigenvalue weighted by atomic mass is 9.94. The molecule has 0 aliphatic rings. The van der Waals surface area contributed by atoms with Gasteiger partial charge in [-0.2, -0.15) is 0 Å². The van der Waals surface area contributed by atoms with E-state index < -0.39 is 11.8 Å². The van der Waals surface area contributed by atoms with Crippen molar-refractivity contribution >= 4 is 5.97 Å². The number of carboxylic acids is 1.